The summed E-state index contributed by atoms with van der Waals surface area (Å²) in [5.74, 6) is 1.57. The van der Waals surface area contributed by atoms with E-state index in [1.807, 2.05) is 44.7 Å². The van der Waals surface area contributed by atoms with Crippen LogP contribution in [0.2, 0.25) is 5.15 Å². The average molecular weight is 385 g/mol. The van der Waals surface area contributed by atoms with Gasteiger partial charge in [-0.15, -0.1) is 0 Å². The molecule has 2 atom stereocenters. The summed E-state index contributed by atoms with van der Waals surface area (Å²) in [5.41, 5.74) is 2.98. The van der Waals surface area contributed by atoms with Crippen molar-refractivity contribution in [3.63, 3.8) is 0 Å². The van der Waals surface area contributed by atoms with Gasteiger partial charge in [0.15, 0.2) is 0 Å². The molecule has 0 bridgehead atoms. The van der Waals surface area contributed by atoms with Gasteiger partial charge < -0.3 is 10.1 Å². The number of aryl methyl sites for hydroxylation is 1. The van der Waals surface area contributed by atoms with Crippen LogP contribution in [0.15, 0.2) is 36.8 Å². The normalized spacial score (nSPS) is 18.3. The van der Waals surface area contributed by atoms with E-state index in [4.69, 9.17) is 16.3 Å². The van der Waals surface area contributed by atoms with Gasteiger partial charge in [-0.3, -0.25) is 9.67 Å². The Labute approximate surface area is 162 Å². The van der Waals surface area contributed by atoms with Crippen molar-refractivity contribution < 1.29 is 4.74 Å². The largest absolute Gasteiger partial charge is 0.463 e. The summed E-state index contributed by atoms with van der Waals surface area (Å²) >= 11 is 6.26. The quantitative estimate of drug-likeness (QED) is 0.629. The maximum Gasteiger partial charge on any atom is 0.319 e. The van der Waals surface area contributed by atoms with E-state index in [9.17, 15) is 0 Å². The molecule has 3 aromatic rings. The lowest BCUT2D eigenvalue weighted by molar-refractivity contribution is 0.274. The van der Waals surface area contributed by atoms with E-state index in [2.05, 4.69) is 31.4 Å². The monoisotopic (exact) mass is 384 g/mol. The third kappa shape index (κ3) is 4.19. The highest BCUT2D eigenvalue weighted by atomic mass is 35.5. The molecular formula is C19H21ClN6O. The lowest BCUT2D eigenvalue weighted by atomic mass is 10.2. The molecule has 1 aliphatic rings. The van der Waals surface area contributed by atoms with E-state index in [0.29, 0.717) is 42.0 Å². The first-order valence-corrected chi connectivity index (χ1v) is 9.27. The highest BCUT2D eigenvalue weighted by molar-refractivity contribution is 6.30. The Hall–Kier alpha value is -2.67. The second kappa shape index (κ2) is 7.52. The van der Waals surface area contributed by atoms with E-state index in [-0.39, 0.29) is 0 Å². The molecular weight excluding hydrogens is 364 g/mol. The van der Waals surface area contributed by atoms with Crippen LogP contribution in [0.3, 0.4) is 0 Å². The molecule has 0 unspecified atom stereocenters. The van der Waals surface area contributed by atoms with Crippen molar-refractivity contribution in [2.24, 2.45) is 13.0 Å². The fourth-order valence-corrected chi connectivity index (χ4v) is 3.19. The van der Waals surface area contributed by atoms with Gasteiger partial charge in [0.1, 0.15) is 11.0 Å². The predicted octanol–water partition coefficient (Wildman–Crippen LogP) is 3.36. The van der Waals surface area contributed by atoms with Crippen LogP contribution in [0.4, 0.5) is 5.82 Å². The zero-order chi connectivity index (χ0) is 18.8. The molecule has 1 N–H and O–H groups in total. The van der Waals surface area contributed by atoms with Gasteiger partial charge in [-0.25, -0.2) is 0 Å². The van der Waals surface area contributed by atoms with Gasteiger partial charge in [-0.2, -0.15) is 15.1 Å². The van der Waals surface area contributed by atoms with Gasteiger partial charge in [0, 0.05) is 54.6 Å². The second-order valence-corrected chi connectivity index (χ2v) is 7.17. The van der Waals surface area contributed by atoms with E-state index in [0.717, 1.165) is 23.2 Å². The highest BCUT2D eigenvalue weighted by Gasteiger charge is 2.40. The van der Waals surface area contributed by atoms with E-state index in [1.165, 1.54) is 0 Å². The number of rotatable bonds is 7. The first-order chi connectivity index (χ1) is 13.1. The molecule has 1 fully saturated rings. The van der Waals surface area contributed by atoms with Gasteiger partial charge in [0.25, 0.3) is 0 Å². The first kappa shape index (κ1) is 17.7. The number of nitrogens with zero attached hydrogens (tertiary/aromatic N) is 5. The molecule has 3 aromatic heterocycles. The molecule has 0 aromatic carbocycles. The number of aromatic nitrogens is 5. The molecule has 0 saturated heterocycles. The maximum atomic E-state index is 6.26. The fraction of sp³-hybridized carbons (Fsp3) is 0.368. The number of hydrogen-bond donors (Lipinski definition) is 1. The van der Waals surface area contributed by atoms with Crippen LogP contribution >= 0.6 is 11.6 Å². The van der Waals surface area contributed by atoms with Gasteiger partial charge in [-0.1, -0.05) is 17.7 Å². The molecule has 3 heterocycles. The third-order valence-corrected chi connectivity index (χ3v) is 5.07. The van der Waals surface area contributed by atoms with Crippen LogP contribution in [0, 0.1) is 12.8 Å². The van der Waals surface area contributed by atoms with Gasteiger partial charge in [0.05, 0.1) is 12.8 Å². The molecule has 27 heavy (non-hydrogen) atoms. The van der Waals surface area contributed by atoms with Crippen LogP contribution in [-0.4, -0.2) is 31.3 Å². The summed E-state index contributed by atoms with van der Waals surface area (Å²) in [5, 5.41) is 7.84. The number of nitrogens with one attached hydrogen (secondary N) is 1. The van der Waals surface area contributed by atoms with Crippen molar-refractivity contribution >= 4 is 17.4 Å². The highest BCUT2D eigenvalue weighted by Crippen LogP contribution is 2.46. The Morgan fingerprint density at radius 1 is 1.33 bits per heavy atom. The topological polar surface area (TPSA) is 77.8 Å². The zero-order valence-corrected chi connectivity index (χ0v) is 16.0. The van der Waals surface area contributed by atoms with Crippen molar-refractivity contribution in [3.05, 3.63) is 58.8 Å². The van der Waals surface area contributed by atoms with E-state index in [1.54, 1.807) is 4.68 Å². The molecule has 8 heteroatoms. The molecule has 0 spiro atoms. The van der Waals surface area contributed by atoms with Crippen molar-refractivity contribution in [2.45, 2.75) is 25.8 Å². The fourth-order valence-electron chi connectivity index (χ4n) is 3.03. The zero-order valence-electron chi connectivity index (χ0n) is 15.3. The van der Waals surface area contributed by atoms with Crippen LogP contribution in [0.25, 0.3) is 0 Å². The lowest BCUT2D eigenvalue weighted by Crippen LogP contribution is -2.09. The van der Waals surface area contributed by atoms with Crippen molar-refractivity contribution in [1.82, 2.24) is 24.7 Å². The summed E-state index contributed by atoms with van der Waals surface area (Å²) in [4.78, 5) is 13.1. The summed E-state index contributed by atoms with van der Waals surface area (Å²) in [6.07, 6.45) is 6.66. The molecule has 140 valence electrons. The van der Waals surface area contributed by atoms with Crippen molar-refractivity contribution in [1.29, 1.82) is 0 Å². The molecule has 7 nitrogen and oxygen atoms in total. The summed E-state index contributed by atoms with van der Waals surface area (Å²) < 4.78 is 7.59. The molecule has 4 rings (SSSR count). The molecule has 1 aliphatic carbocycles. The predicted molar refractivity (Wildman–Crippen MR) is 103 cm³/mol. The van der Waals surface area contributed by atoms with Crippen molar-refractivity contribution in [2.75, 3.05) is 11.9 Å². The minimum absolute atomic E-state index is 0.297. The van der Waals surface area contributed by atoms with Crippen molar-refractivity contribution in [3.8, 4) is 6.01 Å². The minimum Gasteiger partial charge on any atom is -0.463 e. The number of hydrogen-bond acceptors (Lipinski definition) is 6. The molecule has 0 amide bonds. The summed E-state index contributed by atoms with van der Waals surface area (Å²) in [7, 11) is 1.89. The number of pyridine rings is 1. The van der Waals surface area contributed by atoms with Gasteiger partial charge >= 0.3 is 6.01 Å². The van der Waals surface area contributed by atoms with Gasteiger partial charge in [0.2, 0.25) is 0 Å². The number of halogens is 1. The standard InChI is InChI=1S/C19H21ClN6O/c1-12-17(20)24-19(25-18(12)22-8-13-9-23-26(2)10-13)27-11-14-7-15(14)16-5-3-4-6-21-16/h3-6,9-10,14-15H,7-8,11H2,1-2H3,(H,22,24,25)/t14-,15+/m0/s1. The molecule has 1 saturated carbocycles. The number of ether oxygens (including phenoxy) is 1. The lowest BCUT2D eigenvalue weighted by Gasteiger charge is -2.11. The SMILES string of the molecule is Cc1c(Cl)nc(OC[C@@H]2C[C@H]2c2ccccn2)nc1NCc1cnn(C)c1. The minimum atomic E-state index is 0.297. The van der Waals surface area contributed by atoms with E-state index >= 15 is 0 Å². The van der Waals surface area contributed by atoms with Crippen LogP contribution in [-0.2, 0) is 13.6 Å². The Balaban J connectivity index is 1.37. The summed E-state index contributed by atoms with van der Waals surface area (Å²) in [6.45, 7) is 3.05. The average Bonchev–Trinajstić information content (AvgIpc) is 3.34. The van der Waals surface area contributed by atoms with Crippen LogP contribution < -0.4 is 10.1 Å². The van der Waals surface area contributed by atoms with E-state index < -0.39 is 0 Å². The molecule has 0 radical (unpaired) electrons. The Morgan fingerprint density at radius 2 is 2.22 bits per heavy atom. The maximum absolute atomic E-state index is 6.26. The Kier molecular flexibility index (Phi) is 4.94. The smallest absolute Gasteiger partial charge is 0.319 e. The van der Waals surface area contributed by atoms with Crippen LogP contribution in [0.1, 0.15) is 29.2 Å². The van der Waals surface area contributed by atoms with Gasteiger partial charge in [-0.05, 0) is 25.5 Å². The summed E-state index contributed by atoms with van der Waals surface area (Å²) in [6, 6.07) is 6.30. The number of anilines is 1. The molecule has 0 aliphatic heterocycles. The second-order valence-electron chi connectivity index (χ2n) is 6.81. The Morgan fingerprint density at radius 3 is 2.96 bits per heavy atom. The Bertz CT molecular complexity index is 929. The van der Waals surface area contributed by atoms with Crippen LogP contribution in [0.5, 0.6) is 6.01 Å². The first-order valence-electron chi connectivity index (χ1n) is 8.89. The third-order valence-electron chi connectivity index (χ3n) is 4.70.